The molecule has 3 heterocycles. The Hall–Kier alpha value is -2.99. The summed E-state index contributed by atoms with van der Waals surface area (Å²) in [5.74, 6) is -0.761. The van der Waals surface area contributed by atoms with Crippen molar-refractivity contribution < 1.29 is 23.0 Å². The number of piperazine rings is 1. The highest BCUT2D eigenvalue weighted by molar-refractivity contribution is 7.99. The van der Waals surface area contributed by atoms with Crippen LogP contribution in [-0.4, -0.2) is 72.3 Å². The summed E-state index contributed by atoms with van der Waals surface area (Å²) in [6, 6.07) is 3.47. The van der Waals surface area contributed by atoms with Gasteiger partial charge >= 0.3 is 5.69 Å². The van der Waals surface area contributed by atoms with E-state index in [0.29, 0.717) is 47.2 Å². The van der Waals surface area contributed by atoms with Gasteiger partial charge in [0.05, 0.1) is 23.2 Å². The molecule has 1 amide bonds. The molecule has 0 radical (unpaired) electrons. The van der Waals surface area contributed by atoms with Crippen LogP contribution in [0, 0.1) is 18.6 Å². The number of carbonyl (C=O) groups is 1. The number of nitrogens with zero attached hydrogens (tertiary/aromatic N) is 4. The first-order valence-electron chi connectivity index (χ1n) is 12.8. The molecule has 8 nitrogen and oxygen atoms in total. The summed E-state index contributed by atoms with van der Waals surface area (Å²) < 4.78 is 41.5. The van der Waals surface area contributed by atoms with Crippen LogP contribution in [0.2, 0.25) is 5.02 Å². The summed E-state index contributed by atoms with van der Waals surface area (Å²) in [6.45, 7) is 9.06. The molecule has 3 aromatic rings. The number of halogens is 3. The van der Waals surface area contributed by atoms with Crippen LogP contribution in [0.5, 0.6) is 0 Å². The Balaban J connectivity index is 1.73. The molecule has 5 rings (SSSR count). The normalized spacial score (nSPS) is 18.9. The third-order valence-electron chi connectivity index (χ3n) is 7.30. The van der Waals surface area contributed by atoms with Crippen LogP contribution in [0.25, 0.3) is 22.0 Å². The number of hydrogen-bond acceptors (Lipinski definition) is 7. The molecule has 1 fully saturated rings. The van der Waals surface area contributed by atoms with Gasteiger partial charge in [-0.15, -0.1) is 11.8 Å². The maximum atomic E-state index is 15.2. The van der Waals surface area contributed by atoms with Gasteiger partial charge in [-0.25, -0.2) is 13.6 Å². The Labute approximate surface area is 239 Å². The van der Waals surface area contributed by atoms with E-state index < -0.39 is 17.3 Å². The molecule has 0 spiro atoms. The van der Waals surface area contributed by atoms with Gasteiger partial charge in [0, 0.05) is 66.0 Å². The predicted molar refractivity (Wildman–Crippen MR) is 152 cm³/mol. The number of thioether (sulfide) groups is 1. The number of methoxy groups -OCH3 is 1. The van der Waals surface area contributed by atoms with E-state index >= 15 is 4.39 Å². The van der Waals surface area contributed by atoms with Gasteiger partial charge in [-0.1, -0.05) is 18.2 Å². The number of amides is 1. The molecule has 12 heteroatoms. The standard InChI is InChI=1S/C28H29ClF2N4O4S/c1-5-23(36)33-6-7-34(16(3)11-33)27-19-8-15(2)24(18-9-20(29)22(31)10-21(18)30)26-25(19)35(28(37)32-27)17(13-40-26)12-39-14-38-4/h5,8-10,16-17H,1,6-7,11-14H2,2-4H3/t16-,17-/m0/s1. The number of hydrogen-bond donors (Lipinski definition) is 0. The molecule has 0 N–H and O–H groups in total. The summed E-state index contributed by atoms with van der Waals surface area (Å²) in [5.41, 5.74) is 1.58. The maximum Gasteiger partial charge on any atom is 0.350 e. The van der Waals surface area contributed by atoms with E-state index in [-0.39, 0.29) is 42.0 Å². The van der Waals surface area contributed by atoms with Gasteiger partial charge in [-0.2, -0.15) is 4.98 Å². The zero-order chi connectivity index (χ0) is 28.7. The van der Waals surface area contributed by atoms with Crippen LogP contribution >= 0.6 is 23.4 Å². The minimum absolute atomic E-state index is 0.0705. The number of benzene rings is 2. The Bertz CT molecular complexity index is 1570. The van der Waals surface area contributed by atoms with Gasteiger partial charge in [-0.05, 0) is 37.6 Å². The highest BCUT2D eigenvalue weighted by atomic mass is 35.5. The first-order chi connectivity index (χ1) is 19.2. The van der Waals surface area contributed by atoms with Gasteiger partial charge in [0.1, 0.15) is 24.2 Å². The lowest BCUT2D eigenvalue weighted by molar-refractivity contribution is -0.126. The van der Waals surface area contributed by atoms with Gasteiger partial charge in [0.15, 0.2) is 0 Å². The Kier molecular flexibility index (Phi) is 8.19. The number of rotatable bonds is 7. The van der Waals surface area contributed by atoms with E-state index in [1.54, 1.807) is 9.47 Å². The van der Waals surface area contributed by atoms with Crippen LogP contribution in [0.1, 0.15) is 18.5 Å². The minimum Gasteiger partial charge on any atom is -0.359 e. The Morgan fingerprint density at radius 2 is 2.05 bits per heavy atom. The quantitative estimate of drug-likeness (QED) is 0.169. The molecule has 212 valence electrons. The average Bonchev–Trinajstić information content (AvgIpc) is 2.93. The fraction of sp³-hybridized carbons (Fsp3) is 0.393. The maximum absolute atomic E-state index is 15.2. The molecule has 0 bridgehead atoms. The summed E-state index contributed by atoms with van der Waals surface area (Å²) in [6.07, 6.45) is 1.30. The molecule has 1 aromatic heterocycles. The lowest BCUT2D eigenvalue weighted by Crippen LogP contribution is -2.54. The summed E-state index contributed by atoms with van der Waals surface area (Å²) in [5, 5.41) is 0.534. The van der Waals surface area contributed by atoms with Crippen molar-refractivity contribution in [2.24, 2.45) is 0 Å². The van der Waals surface area contributed by atoms with E-state index in [9.17, 15) is 14.0 Å². The van der Waals surface area contributed by atoms with Crippen molar-refractivity contribution in [3.8, 4) is 11.1 Å². The number of ether oxygens (including phenoxy) is 2. The van der Waals surface area contributed by atoms with Gasteiger partial charge < -0.3 is 19.3 Å². The lowest BCUT2D eigenvalue weighted by Gasteiger charge is -2.41. The van der Waals surface area contributed by atoms with Crippen molar-refractivity contribution in [1.82, 2.24) is 14.5 Å². The molecule has 0 saturated carbocycles. The zero-order valence-electron chi connectivity index (χ0n) is 22.4. The first-order valence-corrected chi connectivity index (χ1v) is 14.1. The van der Waals surface area contributed by atoms with Crippen molar-refractivity contribution >= 4 is 46.0 Å². The Morgan fingerprint density at radius 1 is 1.27 bits per heavy atom. The average molecular weight is 591 g/mol. The zero-order valence-corrected chi connectivity index (χ0v) is 24.0. The Morgan fingerprint density at radius 3 is 2.75 bits per heavy atom. The monoisotopic (exact) mass is 590 g/mol. The van der Waals surface area contributed by atoms with Crippen LogP contribution in [0.15, 0.2) is 40.5 Å². The van der Waals surface area contributed by atoms with E-state index in [1.165, 1.54) is 31.0 Å². The molecule has 0 aliphatic carbocycles. The van der Waals surface area contributed by atoms with Gasteiger partial charge in [0.2, 0.25) is 5.91 Å². The van der Waals surface area contributed by atoms with Crippen LogP contribution in [0.3, 0.4) is 0 Å². The van der Waals surface area contributed by atoms with Crippen molar-refractivity contribution in [3.63, 3.8) is 0 Å². The molecule has 1 saturated heterocycles. The minimum atomic E-state index is -0.843. The lowest BCUT2D eigenvalue weighted by atomic mass is 9.96. The second-order valence-electron chi connectivity index (χ2n) is 9.90. The van der Waals surface area contributed by atoms with Crippen molar-refractivity contribution in [3.05, 3.63) is 63.6 Å². The molecule has 0 unspecified atom stereocenters. The number of aromatic nitrogens is 2. The molecule has 2 aromatic carbocycles. The van der Waals surface area contributed by atoms with E-state index in [1.807, 2.05) is 24.8 Å². The highest BCUT2D eigenvalue weighted by Crippen LogP contribution is 2.47. The van der Waals surface area contributed by atoms with Crippen molar-refractivity contribution in [2.45, 2.75) is 30.8 Å². The summed E-state index contributed by atoms with van der Waals surface area (Å²) in [7, 11) is 1.52. The van der Waals surface area contributed by atoms with Gasteiger partial charge in [0.25, 0.3) is 0 Å². The molecule has 2 aliphatic heterocycles. The fourth-order valence-electron chi connectivity index (χ4n) is 5.48. The van der Waals surface area contributed by atoms with Crippen molar-refractivity contribution in [2.75, 3.05) is 50.8 Å². The van der Waals surface area contributed by atoms with Gasteiger partial charge in [-0.3, -0.25) is 9.36 Å². The third-order valence-corrected chi connectivity index (χ3v) is 8.83. The van der Waals surface area contributed by atoms with E-state index in [2.05, 4.69) is 11.6 Å². The number of aryl methyl sites for hydroxylation is 1. The molecule has 40 heavy (non-hydrogen) atoms. The number of anilines is 1. The smallest absolute Gasteiger partial charge is 0.350 e. The predicted octanol–water partition coefficient (Wildman–Crippen LogP) is 4.79. The van der Waals surface area contributed by atoms with Crippen LogP contribution in [-0.2, 0) is 14.3 Å². The summed E-state index contributed by atoms with van der Waals surface area (Å²) >= 11 is 7.55. The highest BCUT2D eigenvalue weighted by Gasteiger charge is 2.33. The van der Waals surface area contributed by atoms with Crippen LogP contribution in [0.4, 0.5) is 14.6 Å². The second kappa shape index (κ2) is 11.5. The molecule has 2 aliphatic rings. The van der Waals surface area contributed by atoms with Crippen molar-refractivity contribution in [1.29, 1.82) is 0 Å². The largest absolute Gasteiger partial charge is 0.359 e. The number of carbonyl (C=O) groups excluding carboxylic acids is 1. The second-order valence-corrected chi connectivity index (χ2v) is 11.3. The molecular formula is C28H29ClF2N4O4S. The fourth-order valence-corrected chi connectivity index (χ4v) is 7.01. The SMILES string of the molecule is C=CC(=O)N1CCN(c2nc(=O)n3c4c(c(-c5cc(Cl)c(F)cc5F)c(C)cc24)SC[C@@H]3COCOC)[C@@H](C)C1. The molecule has 2 atom stereocenters. The summed E-state index contributed by atoms with van der Waals surface area (Å²) in [4.78, 5) is 34.9. The topological polar surface area (TPSA) is 76.9 Å². The van der Waals surface area contributed by atoms with E-state index in [0.717, 1.165) is 17.0 Å². The molecular weight excluding hydrogens is 562 g/mol. The first kappa shape index (κ1) is 28.5. The van der Waals surface area contributed by atoms with E-state index in [4.69, 9.17) is 21.1 Å². The van der Waals surface area contributed by atoms with Crippen LogP contribution < -0.4 is 10.6 Å². The third kappa shape index (κ3) is 5.00.